The molecule has 2 aromatic carbocycles. The van der Waals surface area contributed by atoms with Crippen molar-refractivity contribution in [1.29, 1.82) is 0 Å². The van der Waals surface area contributed by atoms with Gasteiger partial charge in [0.05, 0.1) is 10.7 Å². The Hall–Kier alpha value is -3.51. The van der Waals surface area contributed by atoms with E-state index >= 15 is 0 Å². The zero-order valence-corrected chi connectivity index (χ0v) is 20.9. The number of imidazole rings is 1. The first-order chi connectivity index (χ1) is 17.0. The number of carbonyl (C=O) groups is 1. The molecule has 4 aromatic rings. The molecule has 180 valence electrons. The molecule has 0 spiro atoms. The van der Waals surface area contributed by atoms with Crippen molar-refractivity contribution in [3.05, 3.63) is 94.4 Å². The number of benzene rings is 2. The molecule has 0 saturated carbocycles. The molecule has 1 saturated heterocycles. The lowest BCUT2D eigenvalue weighted by atomic mass is 10.1. The normalized spacial score (nSPS) is 13.9. The number of nitrogens with zero attached hydrogens (tertiary/aromatic N) is 4. The number of hydrogen-bond donors (Lipinski definition) is 1. The number of anilines is 2. The molecule has 1 fully saturated rings. The Morgan fingerprint density at radius 2 is 1.54 bits per heavy atom. The molecule has 35 heavy (non-hydrogen) atoms. The molecule has 1 aliphatic heterocycles. The van der Waals surface area contributed by atoms with Crippen LogP contribution in [-0.2, 0) is 13.0 Å². The molecule has 5 rings (SSSR count). The molecule has 2 aromatic heterocycles. The van der Waals surface area contributed by atoms with Crippen molar-refractivity contribution >= 4 is 34.5 Å². The molecule has 0 bridgehead atoms. The molecular formula is C28H30ClN5O. The number of nitrogens with one attached hydrogen (secondary N) is 1. The summed E-state index contributed by atoms with van der Waals surface area (Å²) in [5, 5.41) is 3.59. The van der Waals surface area contributed by atoms with Crippen molar-refractivity contribution in [2.75, 3.05) is 36.0 Å². The van der Waals surface area contributed by atoms with Crippen LogP contribution < -0.4 is 15.1 Å². The predicted octanol–water partition coefficient (Wildman–Crippen LogP) is 5.12. The summed E-state index contributed by atoms with van der Waals surface area (Å²) in [4.78, 5) is 22.5. The topological polar surface area (TPSA) is 52.9 Å². The van der Waals surface area contributed by atoms with E-state index in [1.54, 1.807) is 10.5 Å². The van der Waals surface area contributed by atoms with E-state index in [1.807, 2.05) is 19.2 Å². The third-order valence-electron chi connectivity index (χ3n) is 6.66. The Kier molecular flexibility index (Phi) is 6.64. The summed E-state index contributed by atoms with van der Waals surface area (Å²) in [6, 6.07) is 20.9. The molecular weight excluding hydrogens is 458 g/mol. The van der Waals surface area contributed by atoms with Gasteiger partial charge in [-0.25, -0.2) is 4.98 Å². The summed E-state index contributed by atoms with van der Waals surface area (Å²) in [5.41, 5.74) is 6.77. The Bertz CT molecular complexity index is 1320. The molecule has 7 heteroatoms. The van der Waals surface area contributed by atoms with Gasteiger partial charge in [0.15, 0.2) is 5.65 Å². The Balaban J connectivity index is 1.20. The highest BCUT2D eigenvalue weighted by Gasteiger charge is 2.20. The standard InChI is InChI=1S/C28H30ClN5O/c1-3-25-26(34-14-4-5-24(29)27(34)31-25)28(35)30-19-21-8-12-23(13-9-21)33-17-15-32(16-18-33)22-10-6-20(2)7-11-22/h4-14H,3,15-19H2,1-2H3,(H,30,35). The lowest BCUT2D eigenvalue weighted by molar-refractivity contribution is 0.0944. The van der Waals surface area contributed by atoms with E-state index in [4.69, 9.17) is 11.6 Å². The number of amides is 1. The van der Waals surface area contributed by atoms with Gasteiger partial charge in [0.2, 0.25) is 0 Å². The second kappa shape index (κ2) is 10.0. The molecule has 1 amide bonds. The fourth-order valence-electron chi connectivity index (χ4n) is 4.64. The van der Waals surface area contributed by atoms with Crippen molar-refractivity contribution in [1.82, 2.24) is 14.7 Å². The van der Waals surface area contributed by atoms with Crippen LogP contribution in [0.5, 0.6) is 0 Å². The van der Waals surface area contributed by atoms with E-state index in [9.17, 15) is 4.79 Å². The Morgan fingerprint density at radius 3 is 2.14 bits per heavy atom. The van der Waals surface area contributed by atoms with Gasteiger partial charge in [-0.05, 0) is 55.3 Å². The maximum atomic E-state index is 13.0. The van der Waals surface area contributed by atoms with Crippen LogP contribution in [0.25, 0.3) is 5.65 Å². The highest BCUT2D eigenvalue weighted by Crippen LogP contribution is 2.23. The maximum absolute atomic E-state index is 13.0. The van der Waals surface area contributed by atoms with E-state index in [0.717, 1.165) is 37.4 Å². The number of aromatic nitrogens is 2. The second-order valence-corrected chi connectivity index (χ2v) is 9.38. The smallest absolute Gasteiger partial charge is 0.270 e. The molecule has 1 N–H and O–H groups in total. The number of piperazine rings is 1. The summed E-state index contributed by atoms with van der Waals surface area (Å²) in [6.45, 7) is 8.55. The first kappa shape index (κ1) is 23.2. The number of halogens is 1. The van der Waals surface area contributed by atoms with E-state index in [-0.39, 0.29) is 5.91 Å². The van der Waals surface area contributed by atoms with Gasteiger partial charge in [0.1, 0.15) is 5.69 Å². The largest absolute Gasteiger partial charge is 0.368 e. The predicted molar refractivity (Wildman–Crippen MR) is 143 cm³/mol. The fourth-order valence-corrected chi connectivity index (χ4v) is 4.84. The van der Waals surface area contributed by atoms with Gasteiger partial charge in [0.25, 0.3) is 5.91 Å². The molecule has 0 unspecified atom stereocenters. The fraction of sp³-hybridized carbons (Fsp3) is 0.286. The lowest BCUT2D eigenvalue weighted by Gasteiger charge is -2.37. The van der Waals surface area contributed by atoms with Gasteiger partial charge in [0, 0.05) is 50.3 Å². The van der Waals surface area contributed by atoms with Crippen molar-refractivity contribution in [3.8, 4) is 0 Å². The molecule has 0 radical (unpaired) electrons. The summed E-state index contributed by atoms with van der Waals surface area (Å²) in [7, 11) is 0. The Morgan fingerprint density at radius 1 is 0.943 bits per heavy atom. The number of pyridine rings is 1. The van der Waals surface area contributed by atoms with Gasteiger partial charge in [-0.3, -0.25) is 9.20 Å². The summed E-state index contributed by atoms with van der Waals surface area (Å²) < 4.78 is 1.77. The van der Waals surface area contributed by atoms with Crippen molar-refractivity contribution in [3.63, 3.8) is 0 Å². The van der Waals surface area contributed by atoms with E-state index < -0.39 is 0 Å². The van der Waals surface area contributed by atoms with Crippen LogP contribution in [0.15, 0.2) is 66.9 Å². The average molecular weight is 488 g/mol. The summed E-state index contributed by atoms with van der Waals surface area (Å²) >= 11 is 6.28. The van der Waals surface area contributed by atoms with Crippen LogP contribution in [0.1, 0.15) is 34.2 Å². The first-order valence-electron chi connectivity index (χ1n) is 12.1. The van der Waals surface area contributed by atoms with Crippen LogP contribution >= 0.6 is 11.6 Å². The minimum Gasteiger partial charge on any atom is -0.368 e. The van der Waals surface area contributed by atoms with Crippen molar-refractivity contribution in [2.45, 2.75) is 26.8 Å². The van der Waals surface area contributed by atoms with Crippen LogP contribution in [0, 0.1) is 6.92 Å². The summed E-state index contributed by atoms with van der Waals surface area (Å²) in [6.07, 6.45) is 2.49. The van der Waals surface area contributed by atoms with E-state index in [2.05, 4.69) is 75.6 Å². The molecule has 6 nitrogen and oxygen atoms in total. The van der Waals surface area contributed by atoms with Crippen molar-refractivity contribution in [2.24, 2.45) is 0 Å². The van der Waals surface area contributed by atoms with Gasteiger partial charge in [-0.15, -0.1) is 0 Å². The molecule has 1 aliphatic rings. The Labute approximate surface area is 211 Å². The summed E-state index contributed by atoms with van der Waals surface area (Å²) in [5.74, 6) is -0.145. The molecule has 3 heterocycles. The third-order valence-corrected chi connectivity index (χ3v) is 6.95. The van der Waals surface area contributed by atoms with Gasteiger partial charge >= 0.3 is 0 Å². The SMILES string of the molecule is CCc1nc2c(Cl)cccn2c1C(=O)NCc1ccc(N2CCN(c3ccc(C)cc3)CC2)cc1. The number of aryl methyl sites for hydroxylation is 2. The number of carbonyl (C=O) groups excluding carboxylic acids is 1. The van der Waals surface area contributed by atoms with Crippen LogP contribution in [0.2, 0.25) is 5.02 Å². The minimum absolute atomic E-state index is 0.145. The van der Waals surface area contributed by atoms with Gasteiger partial charge in [-0.1, -0.05) is 48.4 Å². The monoisotopic (exact) mass is 487 g/mol. The van der Waals surface area contributed by atoms with Gasteiger partial charge < -0.3 is 15.1 Å². The second-order valence-electron chi connectivity index (χ2n) is 8.97. The molecule has 0 aliphatic carbocycles. The minimum atomic E-state index is -0.145. The van der Waals surface area contributed by atoms with Crippen LogP contribution in [0.3, 0.4) is 0 Å². The third kappa shape index (κ3) is 4.84. The highest BCUT2D eigenvalue weighted by atomic mass is 35.5. The van der Waals surface area contributed by atoms with Crippen LogP contribution in [-0.4, -0.2) is 41.5 Å². The first-order valence-corrected chi connectivity index (χ1v) is 12.5. The number of hydrogen-bond acceptors (Lipinski definition) is 4. The number of rotatable bonds is 6. The molecule has 0 atom stereocenters. The maximum Gasteiger partial charge on any atom is 0.270 e. The lowest BCUT2D eigenvalue weighted by Crippen LogP contribution is -2.46. The van der Waals surface area contributed by atoms with Crippen molar-refractivity contribution < 1.29 is 4.79 Å². The van der Waals surface area contributed by atoms with Crippen LogP contribution in [0.4, 0.5) is 11.4 Å². The quantitative estimate of drug-likeness (QED) is 0.410. The number of fused-ring (bicyclic) bond motifs is 1. The zero-order chi connectivity index (χ0) is 24.4. The van der Waals surface area contributed by atoms with Gasteiger partial charge in [-0.2, -0.15) is 0 Å². The highest BCUT2D eigenvalue weighted by molar-refractivity contribution is 6.33. The van der Waals surface area contributed by atoms with E-state index in [1.165, 1.54) is 16.9 Å². The van der Waals surface area contributed by atoms with E-state index in [0.29, 0.717) is 29.3 Å². The average Bonchev–Trinajstić information content (AvgIpc) is 3.28. The zero-order valence-electron chi connectivity index (χ0n) is 20.2.